The van der Waals surface area contributed by atoms with Crippen LogP contribution in [0.4, 0.5) is 11.4 Å². The second-order valence-corrected chi connectivity index (χ2v) is 4.04. The summed E-state index contributed by atoms with van der Waals surface area (Å²) < 4.78 is 0. The second kappa shape index (κ2) is 2.95. The van der Waals surface area contributed by atoms with E-state index in [4.69, 9.17) is 5.73 Å². The Morgan fingerprint density at radius 1 is 1.46 bits per heavy atom. The van der Waals surface area contributed by atoms with Gasteiger partial charge < -0.3 is 11.1 Å². The predicted octanol–water partition coefficient (Wildman–Crippen LogP) is 2.40. The molecule has 1 saturated carbocycles. The molecule has 2 heteroatoms. The lowest BCUT2D eigenvalue weighted by Crippen LogP contribution is -2.03. The topological polar surface area (TPSA) is 38.0 Å². The first-order chi connectivity index (χ1) is 6.16. The maximum atomic E-state index is 5.73. The van der Waals surface area contributed by atoms with Crippen LogP contribution in [-0.2, 0) is 0 Å². The van der Waals surface area contributed by atoms with Crippen molar-refractivity contribution < 1.29 is 0 Å². The summed E-state index contributed by atoms with van der Waals surface area (Å²) >= 11 is 0. The van der Waals surface area contributed by atoms with Crippen LogP contribution < -0.4 is 11.1 Å². The molecular formula is C11H16N2. The minimum atomic E-state index is 0.683. The van der Waals surface area contributed by atoms with Crippen molar-refractivity contribution in [1.29, 1.82) is 0 Å². The zero-order valence-corrected chi connectivity index (χ0v) is 8.17. The first-order valence-electron chi connectivity index (χ1n) is 4.79. The van der Waals surface area contributed by atoms with E-state index in [1.54, 1.807) is 0 Å². The standard InChI is InChI=1S/C11H16N2/c1-7-5-9(3-4-10(7)12)13-11-6-8(11)2/h3-5,8,11,13H,6,12H2,1-2H3. The van der Waals surface area contributed by atoms with Gasteiger partial charge in [-0.3, -0.25) is 0 Å². The molecule has 0 radical (unpaired) electrons. The molecule has 0 aliphatic heterocycles. The highest BCUT2D eigenvalue weighted by molar-refractivity contribution is 5.57. The third-order valence-electron chi connectivity index (χ3n) is 2.73. The van der Waals surface area contributed by atoms with E-state index in [0.717, 1.165) is 17.2 Å². The minimum Gasteiger partial charge on any atom is -0.399 e. The van der Waals surface area contributed by atoms with Gasteiger partial charge in [0.2, 0.25) is 0 Å². The number of nitrogens with one attached hydrogen (secondary N) is 1. The van der Waals surface area contributed by atoms with Crippen molar-refractivity contribution in [3.05, 3.63) is 23.8 Å². The monoisotopic (exact) mass is 176 g/mol. The van der Waals surface area contributed by atoms with Gasteiger partial charge in [-0.15, -0.1) is 0 Å². The fourth-order valence-electron chi connectivity index (χ4n) is 1.50. The Morgan fingerprint density at radius 2 is 2.15 bits per heavy atom. The van der Waals surface area contributed by atoms with Gasteiger partial charge >= 0.3 is 0 Å². The SMILES string of the molecule is Cc1cc(NC2CC2C)ccc1N. The van der Waals surface area contributed by atoms with Crippen LogP contribution in [0, 0.1) is 12.8 Å². The molecule has 3 N–H and O–H groups in total. The number of nitrogens with two attached hydrogens (primary N) is 1. The molecule has 0 amide bonds. The smallest absolute Gasteiger partial charge is 0.0346 e. The fourth-order valence-corrected chi connectivity index (χ4v) is 1.50. The van der Waals surface area contributed by atoms with Gasteiger partial charge in [-0.05, 0) is 43.0 Å². The number of nitrogen functional groups attached to an aromatic ring is 1. The number of anilines is 2. The molecule has 2 rings (SSSR count). The lowest BCUT2D eigenvalue weighted by atomic mass is 10.2. The molecule has 1 aromatic rings. The third kappa shape index (κ3) is 1.77. The Hall–Kier alpha value is -1.18. The average molecular weight is 176 g/mol. The summed E-state index contributed by atoms with van der Waals surface area (Å²) in [6.07, 6.45) is 1.30. The summed E-state index contributed by atoms with van der Waals surface area (Å²) in [7, 11) is 0. The third-order valence-corrected chi connectivity index (χ3v) is 2.73. The summed E-state index contributed by atoms with van der Waals surface area (Å²) in [5.41, 5.74) is 8.95. The number of benzene rings is 1. The average Bonchev–Trinajstić information content (AvgIpc) is 2.75. The first kappa shape index (κ1) is 8.42. The zero-order chi connectivity index (χ0) is 9.42. The lowest BCUT2D eigenvalue weighted by molar-refractivity contribution is 0.929. The van der Waals surface area contributed by atoms with Gasteiger partial charge in [-0.2, -0.15) is 0 Å². The summed E-state index contributed by atoms with van der Waals surface area (Å²) in [6.45, 7) is 4.30. The maximum Gasteiger partial charge on any atom is 0.0346 e. The van der Waals surface area contributed by atoms with Crippen molar-refractivity contribution in [3.63, 3.8) is 0 Å². The van der Waals surface area contributed by atoms with Gasteiger partial charge in [-0.1, -0.05) is 6.92 Å². The van der Waals surface area contributed by atoms with Crippen LogP contribution in [0.3, 0.4) is 0 Å². The molecule has 1 aromatic carbocycles. The Balaban J connectivity index is 2.08. The summed E-state index contributed by atoms with van der Waals surface area (Å²) in [5, 5.41) is 3.48. The van der Waals surface area contributed by atoms with Crippen molar-refractivity contribution in [1.82, 2.24) is 0 Å². The molecule has 0 spiro atoms. The molecule has 0 bridgehead atoms. The van der Waals surface area contributed by atoms with Crippen molar-refractivity contribution in [3.8, 4) is 0 Å². The van der Waals surface area contributed by atoms with Gasteiger partial charge in [0.1, 0.15) is 0 Å². The fraction of sp³-hybridized carbons (Fsp3) is 0.455. The number of hydrogen-bond acceptors (Lipinski definition) is 2. The molecule has 1 fully saturated rings. The normalized spacial score (nSPS) is 25.7. The largest absolute Gasteiger partial charge is 0.399 e. The van der Waals surface area contributed by atoms with Gasteiger partial charge in [0.15, 0.2) is 0 Å². The minimum absolute atomic E-state index is 0.683. The van der Waals surface area contributed by atoms with E-state index in [-0.39, 0.29) is 0 Å². The molecule has 2 unspecified atom stereocenters. The van der Waals surface area contributed by atoms with Gasteiger partial charge in [0, 0.05) is 17.4 Å². The molecule has 0 heterocycles. The van der Waals surface area contributed by atoms with E-state index >= 15 is 0 Å². The molecule has 13 heavy (non-hydrogen) atoms. The Kier molecular flexibility index (Phi) is 1.91. The van der Waals surface area contributed by atoms with Gasteiger partial charge in [-0.25, -0.2) is 0 Å². The van der Waals surface area contributed by atoms with E-state index in [1.165, 1.54) is 12.1 Å². The highest BCUT2D eigenvalue weighted by atomic mass is 15.0. The van der Waals surface area contributed by atoms with Crippen LogP contribution in [0.2, 0.25) is 0 Å². The van der Waals surface area contributed by atoms with Crippen LogP contribution >= 0.6 is 0 Å². The van der Waals surface area contributed by atoms with Crippen LogP contribution in [0.25, 0.3) is 0 Å². The van der Waals surface area contributed by atoms with Crippen molar-refractivity contribution in [2.24, 2.45) is 5.92 Å². The zero-order valence-electron chi connectivity index (χ0n) is 8.17. The Bertz CT molecular complexity index is 320. The molecule has 2 nitrogen and oxygen atoms in total. The number of aryl methyl sites for hydroxylation is 1. The molecule has 0 saturated heterocycles. The van der Waals surface area contributed by atoms with Crippen LogP contribution in [0.5, 0.6) is 0 Å². The van der Waals surface area contributed by atoms with E-state index in [1.807, 2.05) is 19.1 Å². The van der Waals surface area contributed by atoms with Crippen molar-refractivity contribution >= 4 is 11.4 Å². The highest BCUT2D eigenvalue weighted by Gasteiger charge is 2.32. The first-order valence-corrected chi connectivity index (χ1v) is 4.79. The molecule has 70 valence electrons. The highest BCUT2D eigenvalue weighted by Crippen LogP contribution is 2.33. The maximum absolute atomic E-state index is 5.73. The molecule has 2 atom stereocenters. The molecule has 1 aliphatic carbocycles. The predicted molar refractivity (Wildman–Crippen MR) is 56.8 cm³/mol. The number of rotatable bonds is 2. The molecule has 0 aromatic heterocycles. The van der Waals surface area contributed by atoms with Crippen molar-refractivity contribution in [2.75, 3.05) is 11.1 Å². The Morgan fingerprint density at radius 3 is 2.69 bits per heavy atom. The number of hydrogen-bond donors (Lipinski definition) is 2. The summed E-state index contributed by atoms with van der Waals surface area (Å²) in [5.74, 6) is 0.831. The van der Waals surface area contributed by atoms with Crippen LogP contribution in [-0.4, -0.2) is 6.04 Å². The van der Waals surface area contributed by atoms with E-state index in [0.29, 0.717) is 6.04 Å². The van der Waals surface area contributed by atoms with Crippen LogP contribution in [0.15, 0.2) is 18.2 Å². The lowest BCUT2D eigenvalue weighted by Gasteiger charge is -2.07. The Labute approximate surface area is 79.1 Å². The van der Waals surface area contributed by atoms with E-state index < -0.39 is 0 Å². The van der Waals surface area contributed by atoms with E-state index in [2.05, 4.69) is 18.3 Å². The van der Waals surface area contributed by atoms with Gasteiger partial charge in [0.05, 0.1) is 0 Å². The van der Waals surface area contributed by atoms with Gasteiger partial charge in [0.25, 0.3) is 0 Å². The second-order valence-electron chi connectivity index (χ2n) is 4.04. The quantitative estimate of drug-likeness (QED) is 0.679. The summed E-state index contributed by atoms with van der Waals surface area (Å²) in [4.78, 5) is 0. The van der Waals surface area contributed by atoms with Crippen molar-refractivity contribution in [2.45, 2.75) is 26.3 Å². The van der Waals surface area contributed by atoms with Crippen LogP contribution in [0.1, 0.15) is 18.9 Å². The van der Waals surface area contributed by atoms with E-state index in [9.17, 15) is 0 Å². The molecular weight excluding hydrogens is 160 g/mol. The molecule has 1 aliphatic rings. The summed E-state index contributed by atoms with van der Waals surface area (Å²) in [6, 6.07) is 6.81.